The molecule has 0 fully saturated rings. The lowest BCUT2D eigenvalue weighted by atomic mass is 10.6. The van der Waals surface area contributed by atoms with Crippen molar-refractivity contribution in [2.75, 3.05) is 7.11 Å². The maximum atomic E-state index is 7.34. The summed E-state index contributed by atoms with van der Waals surface area (Å²) in [5.74, 6) is 0. The Morgan fingerprint density at radius 2 is 3.00 bits per heavy atom. The minimum absolute atomic E-state index is 0.826. The molecule has 1 atom stereocenters. The average Bonchev–Trinajstić information content (AvgIpc) is 1.96. The van der Waals surface area contributed by atoms with Crippen LogP contribution in [0.15, 0.2) is 17.3 Å². The van der Waals surface area contributed by atoms with Crippen LogP contribution in [-0.2, 0) is 4.74 Å². The Hall–Kier alpha value is -0.830. The summed E-state index contributed by atoms with van der Waals surface area (Å²) in [6.07, 6.45) is 2.82. The number of hydrogen-bond donors (Lipinski definition) is 1. The average molecular weight is 114 g/mol. The maximum Gasteiger partial charge on any atom is 0.224 e. The normalized spacial score (nSPS) is 39.4. The SMILES string of the molecule is [2H]N1C=CC=NC1([2H])OC. The van der Waals surface area contributed by atoms with Crippen LogP contribution in [0.3, 0.4) is 0 Å². The van der Waals surface area contributed by atoms with Crippen LogP contribution in [0.1, 0.15) is 1.37 Å². The number of rotatable bonds is 1. The molecule has 0 aromatic rings. The molecule has 0 bridgehead atoms. The fourth-order valence-corrected chi connectivity index (χ4v) is 0.391. The third-order valence-electron chi connectivity index (χ3n) is 0.725. The number of allylic oxidation sites excluding steroid dienone is 1. The molecular weight excluding hydrogens is 104 g/mol. The van der Waals surface area contributed by atoms with Crippen molar-refractivity contribution < 1.29 is 7.52 Å². The smallest absolute Gasteiger partial charge is 0.224 e. The highest BCUT2D eigenvalue weighted by molar-refractivity contribution is 5.71. The first-order valence-electron chi connectivity index (χ1n) is 3.19. The van der Waals surface area contributed by atoms with Gasteiger partial charge in [0, 0.05) is 19.5 Å². The zero-order valence-electron chi connectivity index (χ0n) is 6.53. The van der Waals surface area contributed by atoms with Crippen molar-refractivity contribution in [3.8, 4) is 0 Å². The van der Waals surface area contributed by atoms with Crippen LogP contribution in [0.4, 0.5) is 0 Å². The van der Waals surface area contributed by atoms with Gasteiger partial charge in [-0.25, -0.2) is 4.99 Å². The summed E-state index contributed by atoms with van der Waals surface area (Å²) in [6.45, 7) is 0. The van der Waals surface area contributed by atoms with E-state index in [-0.39, 0.29) is 0 Å². The number of nitrogens with zero attached hydrogens (tertiary/aromatic N) is 1. The monoisotopic (exact) mass is 114 g/mol. The van der Waals surface area contributed by atoms with E-state index in [1.807, 2.05) is 0 Å². The van der Waals surface area contributed by atoms with E-state index in [0.29, 0.717) is 0 Å². The topological polar surface area (TPSA) is 33.6 Å². The second kappa shape index (κ2) is 2.47. The van der Waals surface area contributed by atoms with Gasteiger partial charge in [0.2, 0.25) is 6.33 Å². The molecule has 44 valence electrons. The van der Waals surface area contributed by atoms with Crippen molar-refractivity contribution in [3.05, 3.63) is 12.3 Å². The Bertz CT molecular complexity index is 182. The first kappa shape index (κ1) is 3.25. The van der Waals surface area contributed by atoms with E-state index >= 15 is 0 Å². The Balaban J connectivity index is 2.77. The second-order valence-corrected chi connectivity index (χ2v) is 1.24. The van der Waals surface area contributed by atoms with Crippen LogP contribution in [0.2, 0.25) is 1.41 Å². The third kappa shape index (κ3) is 1.07. The van der Waals surface area contributed by atoms with Crippen LogP contribution in [-0.4, -0.2) is 19.7 Å². The molecule has 3 heteroatoms. The zero-order valence-corrected chi connectivity index (χ0v) is 4.53. The van der Waals surface area contributed by atoms with Crippen molar-refractivity contribution in [2.45, 2.75) is 6.33 Å². The standard InChI is InChI=1S/C5H8N2O/c1-8-5-6-3-2-4-7-5/h2-6H,1H3/i5D/hD. The van der Waals surface area contributed by atoms with Gasteiger partial charge in [-0.1, -0.05) is 0 Å². The van der Waals surface area contributed by atoms with Gasteiger partial charge in [-0.05, 0) is 6.08 Å². The Kier molecular flexibility index (Phi) is 1.00. The molecule has 0 spiro atoms. The Labute approximate surface area is 50.9 Å². The molecule has 1 rings (SSSR count). The van der Waals surface area contributed by atoms with Crippen LogP contribution < -0.4 is 5.31 Å². The number of ether oxygens (including phenoxy) is 1. The van der Waals surface area contributed by atoms with Crippen molar-refractivity contribution >= 4 is 6.21 Å². The molecule has 1 N–H and O–H groups in total. The molecule has 0 aliphatic carbocycles. The van der Waals surface area contributed by atoms with E-state index in [4.69, 9.17) is 2.78 Å². The van der Waals surface area contributed by atoms with E-state index < -0.39 is 6.33 Å². The van der Waals surface area contributed by atoms with E-state index in [2.05, 4.69) is 9.73 Å². The third-order valence-corrected chi connectivity index (χ3v) is 0.725. The first-order valence-corrected chi connectivity index (χ1v) is 2.24. The molecular formula is C5H8N2O. The molecule has 3 nitrogen and oxygen atoms in total. The lowest BCUT2D eigenvalue weighted by Gasteiger charge is -2.11. The first-order chi connectivity index (χ1) is 4.69. The van der Waals surface area contributed by atoms with Crippen molar-refractivity contribution in [1.29, 1.82) is 0 Å². The largest absolute Gasteiger partial charge is 0.348 e. The summed E-state index contributed by atoms with van der Waals surface area (Å²) in [6, 6.07) is 0. The van der Waals surface area contributed by atoms with Gasteiger partial charge in [-0.2, -0.15) is 0 Å². The van der Waals surface area contributed by atoms with Crippen LogP contribution in [0.25, 0.3) is 0 Å². The second-order valence-electron chi connectivity index (χ2n) is 1.24. The quantitative estimate of drug-likeness (QED) is 0.524. The number of methoxy groups -OCH3 is 1. The van der Waals surface area contributed by atoms with E-state index in [1.54, 1.807) is 6.08 Å². The summed E-state index contributed by atoms with van der Waals surface area (Å²) < 4.78 is 19.1. The highest BCUT2D eigenvalue weighted by Gasteiger charge is 1.98. The number of hydrogen-bond acceptors (Lipinski definition) is 3. The maximum absolute atomic E-state index is 7.34. The van der Waals surface area contributed by atoms with Gasteiger partial charge in [-0.3, -0.25) is 0 Å². The summed E-state index contributed by atoms with van der Waals surface area (Å²) in [5, 5.41) is 0.826. The Morgan fingerprint density at radius 3 is 3.50 bits per heavy atom. The fourth-order valence-electron chi connectivity index (χ4n) is 0.391. The van der Waals surface area contributed by atoms with Crippen LogP contribution in [0, 0.1) is 0 Å². The molecule has 0 saturated heterocycles. The van der Waals surface area contributed by atoms with Crippen molar-refractivity contribution in [3.63, 3.8) is 0 Å². The summed E-state index contributed by atoms with van der Waals surface area (Å²) in [4.78, 5) is 3.63. The molecule has 0 aromatic heterocycles. The molecule has 0 amide bonds. The summed E-state index contributed by atoms with van der Waals surface area (Å²) in [7, 11) is 1.34. The Morgan fingerprint density at radius 1 is 2.12 bits per heavy atom. The van der Waals surface area contributed by atoms with Crippen LogP contribution >= 0.6 is 0 Å². The zero-order chi connectivity index (χ0) is 7.61. The minimum Gasteiger partial charge on any atom is -0.348 e. The molecule has 1 heterocycles. The number of nitrogens with one attached hydrogen (secondary N) is 1. The predicted octanol–water partition coefficient (Wildman–Crippen LogP) is 0.104. The van der Waals surface area contributed by atoms with Crippen molar-refractivity contribution in [2.24, 2.45) is 4.99 Å². The van der Waals surface area contributed by atoms with Gasteiger partial charge < -0.3 is 10.0 Å². The van der Waals surface area contributed by atoms with E-state index in [9.17, 15) is 0 Å². The van der Waals surface area contributed by atoms with E-state index in [1.165, 1.54) is 19.5 Å². The van der Waals surface area contributed by atoms with Gasteiger partial charge >= 0.3 is 0 Å². The molecule has 1 unspecified atom stereocenters. The molecule has 0 saturated carbocycles. The summed E-state index contributed by atoms with van der Waals surface area (Å²) >= 11 is 0. The molecule has 0 aromatic carbocycles. The van der Waals surface area contributed by atoms with Crippen LogP contribution in [0.5, 0.6) is 0 Å². The lowest BCUT2D eigenvalue weighted by molar-refractivity contribution is 0.0931. The molecule has 0 radical (unpaired) electrons. The van der Waals surface area contributed by atoms with Gasteiger partial charge in [0.15, 0.2) is 1.41 Å². The highest BCUT2D eigenvalue weighted by atomic mass is 16.5. The highest BCUT2D eigenvalue weighted by Crippen LogP contribution is 1.88. The number of aliphatic imine (C=N–C) groups is 1. The minimum atomic E-state index is -1.59. The molecule has 1 aliphatic rings. The fraction of sp³-hybridized carbons (Fsp3) is 0.400. The molecule has 1 aliphatic heterocycles. The van der Waals surface area contributed by atoms with Gasteiger partial charge in [0.25, 0.3) is 0 Å². The van der Waals surface area contributed by atoms with Gasteiger partial charge in [0.05, 0.1) is 0 Å². The van der Waals surface area contributed by atoms with E-state index in [0.717, 1.165) is 5.31 Å². The van der Waals surface area contributed by atoms with Crippen molar-refractivity contribution in [1.82, 2.24) is 5.31 Å². The van der Waals surface area contributed by atoms with Gasteiger partial charge in [0.1, 0.15) is 1.37 Å². The lowest BCUT2D eigenvalue weighted by Crippen LogP contribution is -2.25. The predicted molar refractivity (Wildman–Crippen MR) is 31.6 cm³/mol. The molecule has 8 heavy (non-hydrogen) atoms. The summed E-state index contributed by atoms with van der Waals surface area (Å²) in [5.41, 5.74) is 0. The van der Waals surface area contributed by atoms with Gasteiger partial charge in [-0.15, -0.1) is 0 Å².